The smallest absolute Gasteiger partial charge is 0.240 e. The van der Waals surface area contributed by atoms with Gasteiger partial charge in [-0.1, -0.05) is 52.7 Å². The van der Waals surface area contributed by atoms with Crippen molar-refractivity contribution in [3.8, 4) is 66.8 Å². The van der Waals surface area contributed by atoms with E-state index in [1.165, 1.54) is 105 Å². The number of carbonyl (C=O) groups is 6. The molecule has 13 aromatic rings. The number of aliphatic imine (C=N–C) groups is 1. The third-order valence-corrected chi connectivity index (χ3v) is 29.5. The van der Waals surface area contributed by atoms with E-state index in [1.807, 2.05) is 86.2 Å². The normalized spacial score (nSPS) is 14.0. The second-order valence-electron chi connectivity index (χ2n) is 38.0. The summed E-state index contributed by atoms with van der Waals surface area (Å²) in [4.78, 5) is 124. The van der Waals surface area contributed by atoms with Crippen molar-refractivity contribution >= 4 is 111 Å². The van der Waals surface area contributed by atoms with Gasteiger partial charge in [0.25, 0.3) is 0 Å². The molecule has 3 saturated carbocycles. The molecule has 0 atom stereocenters. The Bertz CT molecular complexity index is 7370. The van der Waals surface area contributed by atoms with Crippen molar-refractivity contribution in [2.75, 3.05) is 50.1 Å². The maximum atomic E-state index is 13.2. The lowest BCUT2D eigenvalue weighted by molar-refractivity contribution is -0.117. The third kappa shape index (κ3) is 29.8. The lowest BCUT2D eigenvalue weighted by Crippen LogP contribution is -2.29. The number of ketones is 3. The number of nitrogens with zero attached hydrogens (tertiary/aromatic N) is 14. The zero-order valence-electron chi connectivity index (χ0n) is 82.5. The molecule has 34 heteroatoms. The number of hydrogen-bond donors (Lipinski definition) is 5. The van der Waals surface area contributed by atoms with E-state index in [1.54, 1.807) is 132 Å². The minimum atomic E-state index is -3.55. The van der Waals surface area contributed by atoms with E-state index >= 15 is 0 Å². The highest BCUT2D eigenvalue weighted by Crippen LogP contribution is 2.42. The average molecular weight is 1980 g/mol. The number of nitrogens with one attached hydrogen (secondary N) is 4. The SMILES string of the molecule is CC(=O)Cc1cc(-c2cnc(CCC3CC3)c(NCC3CC3)c2)ccn1.CC(=O)Cc1cc(-c2cnc3c(c2)CCC3)ccn1.CC(=O)Nc1cc(-c2cnc(C)c(CS(=O)(=O)c3cccc(C(C)(C)C)c3)c2)ccn1.CC(=O)Nc1cc(-c2cnc3c(c2)CS(=O)(=O)N3CC2CC2)ccn1.CC(=O)Nc1cc(-c2cnc3c(c2)N=C(C)C3)ccn1.CCS(=O)(=O)c1cc(-c2ccnc(CC(C)=O)c2)cnc1N. The first-order valence-electron chi connectivity index (χ1n) is 47.8. The lowest BCUT2D eigenvalue weighted by Gasteiger charge is -2.19. The van der Waals surface area contributed by atoms with Gasteiger partial charge in [-0.2, -0.15) is 0 Å². The highest BCUT2D eigenvalue weighted by molar-refractivity contribution is 7.92. The van der Waals surface area contributed by atoms with Gasteiger partial charge in [-0.25, -0.2) is 50.2 Å². The van der Waals surface area contributed by atoms with Gasteiger partial charge in [0.1, 0.15) is 51.3 Å². The van der Waals surface area contributed by atoms with Crippen LogP contribution in [0.3, 0.4) is 0 Å². The molecule has 12 aromatic heterocycles. The van der Waals surface area contributed by atoms with Crippen molar-refractivity contribution < 1.29 is 54.0 Å². The number of anilines is 6. The second kappa shape index (κ2) is 46.4. The number of nitrogens with two attached hydrogens (primary N) is 1. The standard InChI is InChI=1S/C24H27N3O3S.C22H27N3O.C17H18N4O3S.C16H16N2O.C15H14N4O.C15H17N3O3S/c1-16-20(15-31(29,30)22-8-6-7-21(13-22)24(3,4)5)11-19(14-26-16)18-9-10-25-23(12-18)27-17(2)28;1-15(26)10-20-11-18(8-9-23-20)19-12-22(24-13-17-4-5-17)21(25-14-19)7-6-16-2-3-16;1-11(22)20-16-7-13(4-5-18-16)14-6-15-10-25(23,24)21(9-12-2-3-12)17(15)19-8-14;1-11(19)7-15-9-12(5-6-17-15)14-8-13-3-2-4-16(13)18-10-14;1-9-5-13-14(18-9)6-12(8-17-13)11-3-4-16-15(7-11)19-10(2)20;1-3-22(20,21)14-8-12(9-18-15(14)16)11-4-5-17-13(7-11)6-10(2)19/h6-14H,15H2,1-5H3,(H,25,27,28);8-9,11-12,14,16-17,24H,2-7,10,13H2,1H3;4-8,12H,2-3,9-10H2,1H3,(H,18,20,22);5-6,8-10H,2-4,7H2,1H3;3-4,6-8H,5H2,1-2H3,(H,16,19,20);4-5,7-9H,3,6H2,1-2H3,(H2,16,18). The van der Waals surface area contributed by atoms with Crippen LogP contribution in [0.5, 0.6) is 0 Å². The quantitative estimate of drug-likeness (QED) is 0.0304. The number of pyridine rings is 12. The van der Waals surface area contributed by atoms with Gasteiger partial charge in [-0.3, -0.25) is 73.0 Å². The number of aryl methyl sites for hydroxylation is 4. The van der Waals surface area contributed by atoms with Gasteiger partial charge in [0.2, 0.25) is 27.7 Å². The Morgan fingerprint density at radius 3 is 1.44 bits per heavy atom. The summed E-state index contributed by atoms with van der Waals surface area (Å²) in [5, 5.41) is 11.6. The van der Waals surface area contributed by atoms with Crippen molar-refractivity contribution in [3.63, 3.8) is 0 Å². The first-order chi connectivity index (χ1) is 68.2. The molecule has 4 aliphatic carbocycles. The molecule has 740 valence electrons. The molecular formula is C109H119N19O12S3. The Morgan fingerprint density at radius 2 is 0.930 bits per heavy atom. The van der Waals surface area contributed by atoms with Gasteiger partial charge < -0.3 is 27.0 Å². The summed E-state index contributed by atoms with van der Waals surface area (Å²) in [7, 11) is -10.3. The maximum absolute atomic E-state index is 13.2. The number of Topliss-reactive ketones (excluding diaryl/α,β-unsaturated/α-hetero) is 3. The van der Waals surface area contributed by atoms with Gasteiger partial charge in [-0.15, -0.1) is 0 Å². The molecule has 0 radical (unpaired) electrons. The van der Waals surface area contributed by atoms with E-state index in [0.717, 1.165) is 158 Å². The third-order valence-electron chi connectivity index (χ3n) is 24.4. The fraction of sp³-hybridized carbons (Fsp3) is 0.330. The predicted octanol–water partition coefficient (Wildman–Crippen LogP) is 18.4. The number of carbonyl (C=O) groups excluding carboxylic acids is 6. The molecular weight excluding hydrogens is 1860 g/mol. The lowest BCUT2D eigenvalue weighted by atomic mass is 9.87. The van der Waals surface area contributed by atoms with Crippen LogP contribution in [-0.2, 0) is 120 Å². The van der Waals surface area contributed by atoms with Gasteiger partial charge in [0.05, 0.1) is 44.9 Å². The molecule has 0 spiro atoms. The van der Waals surface area contributed by atoms with Crippen LogP contribution in [-0.4, -0.2) is 145 Å². The molecule has 143 heavy (non-hydrogen) atoms. The summed E-state index contributed by atoms with van der Waals surface area (Å²) >= 11 is 0. The van der Waals surface area contributed by atoms with Crippen LogP contribution in [0.4, 0.5) is 40.5 Å². The highest BCUT2D eigenvalue weighted by Gasteiger charge is 2.39. The predicted molar refractivity (Wildman–Crippen MR) is 557 cm³/mol. The number of benzene rings is 1. The summed E-state index contributed by atoms with van der Waals surface area (Å²) < 4.78 is 76.7. The van der Waals surface area contributed by atoms with Crippen molar-refractivity contribution in [1.82, 2.24) is 59.8 Å². The van der Waals surface area contributed by atoms with Crippen LogP contribution in [0.2, 0.25) is 0 Å². The van der Waals surface area contributed by atoms with Crippen molar-refractivity contribution in [3.05, 3.63) is 270 Å². The van der Waals surface area contributed by atoms with Crippen molar-refractivity contribution in [1.29, 1.82) is 0 Å². The van der Waals surface area contributed by atoms with E-state index < -0.39 is 29.7 Å². The minimum Gasteiger partial charge on any atom is -0.383 e. The monoisotopic (exact) mass is 1980 g/mol. The van der Waals surface area contributed by atoms with Crippen molar-refractivity contribution in [2.24, 2.45) is 22.7 Å². The number of amides is 3. The van der Waals surface area contributed by atoms with Gasteiger partial charge in [-0.05, 0) is 287 Å². The van der Waals surface area contributed by atoms with E-state index in [0.29, 0.717) is 76.0 Å². The van der Waals surface area contributed by atoms with E-state index in [2.05, 4.69) is 114 Å². The number of aromatic nitrogens is 12. The van der Waals surface area contributed by atoms with Gasteiger partial charge >= 0.3 is 0 Å². The Morgan fingerprint density at radius 1 is 0.469 bits per heavy atom. The van der Waals surface area contributed by atoms with Crippen LogP contribution in [0.1, 0.15) is 190 Å². The van der Waals surface area contributed by atoms with Crippen LogP contribution in [0.15, 0.2) is 223 Å². The molecule has 19 rings (SSSR count). The van der Waals surface area contributed by atoms with E-state index in [4.69, 9.17) is 10.7 Å². The number of sulfonamides is 1. The second-order valence-corrected chi connectivity index (χ2v) is 44.1. The van der Waals surface area contributed by atoms with Crippen LogP contribution in [0, 0.1) is 24.7 Å². The number of hydrogen-bond acceptors (Lipinski definition) is 27. The summed E-state index contributed by atoms with van der Waals surface area (Å²) in [6, 6.07) is 41.0. The maximum Gasteiger partial charge on any atom is 0.240 e. The largest absolute Gasteiger partial charge is 0.383 e. The Labute approximate surface area is 835 Å². The molecule has 0 saturated heterocycles. The Kier molecular flexibility index (Phi) is 33.8. The summed E-state index contributed by atoms with van der Waals surface area (Å²) in [6.45, 7) is 22.1. The van der Waals surface area contributed by atoms with Gasteiger partial charge in [0.15, 0.2) is 19.7 Å². The molecule has 0 bridgehead atoms. The molecule has 3 fully saturated rings. The molecule has 0 unspecified atom stereocenters. The Balaban J connectivity index is 0.000000137. The Hall–Kier alpha value is -14.6. The highest BCUT2D eigenvalue weighted by atomic mass is 32.2. The van der Waals surface area contributed by atoms with Gasteiger partial charge in [0, 0.05) is 207 Å². The van der Waals surface area contributed by atoms with Crippen LogP contribution < -0.4 is 31.3 Å². The minimum absolute atomic E-state index is 0.00864. The molecule has 6 N–H and O–H groups in total. The molecule has 31 nitrogen and oxygen atoms in total. The molecule has 14 heterocycles. The summed E-state index contributed by atoms with van der Waals surface area (Å²) in [6.07, 6.45) is 35.8. The zero-order valence-corrected chi connectivity index (χ0v) is 84.9. The molecule has 3 amide bonds. The van der Waals surface area contributed by atoms with Crippen LogP contribution in [0.25, 0.3) is 66.8 Å². The van der Waals surface area contributed by atoms with Crippen LogP contribution >= 0.6 is 0 Å². The first kappa shape index (κ1) is 104. The average Bonchev–Trinajstić information content (AvgIpc) is 1.62. The molecule has 6 aliphatic rings. The summed E-state index contributed by atoms with van der Waals surface area (Å²) in [5.41, 5.74) is 29.6. The first-order valence-corrected chi connectivity index (χ1v) is 52.7. The molecule has 1 aromatic carbocycles. The fourth-order valence-electron chi connectivity index (χ4n) is 16.4. The number of fused-ring (bicyclic) bond motifs is 3. The van der Waals surface area contributed by atoms with E-state index in [-0.39, 0.29) is 74.9 Å². The molecule has 2 aliphatic heterocycles. The van der Waals surface area contributed by atoms with E-state index in [9.17, 15) is 54.0 Å². The zero-order chi connectivity index (χ0) is 102. The number of nitrogen functional groups attached to an aromatic ring is 1. The fourth-order valence-corrected chi connectivity index (χ4v) is 20.4. The topological polar surface area (TPSA) is 449 Å². The summed E-state index contributed by atoms with van der Waals surface area (Å²) in [5.74, 6) is 3.70. The number of sulfone groups is 2. The van der Waals surface area contributed by atoms with Crippen molar-refractivity contribution in [2.45, 2.75) is 206 Å². The number of rotatable bonds is 28.